The molecule has 1 rings (SSSR count). The lowest BCUT2D eigenvalue weighted by Crippen LogP contribution is -2.58. The van der Waals surface area contributed by atoms with E-state index >= 15 is 0 Å². The Morgan fingerprint density at radius 1 is 1.35 bits per heavy atom. The van der Waals surface area contributed by atoms with Crippen molar-refractivity contribution in [3.05, 3.63) is 0 Å². The maximum Gasteiger partial charge on any atom is 0.305 e. The van der Waals surface area contributed by atoms with Crippen LogP contribution < -0.4 is 0 Å². The predicted octanol–water partition coefficient (Wildman–Crippen LogP) is 1.99. The molecule has 0 bridgehead atoms. The Bertz CT molecular complexity index is 249. The molecule has 1 fully saturated rings. The lowest BCUT2D eigenvalue weighted by Gasteiger charge is -2.47. The molecule has 4 nitrogen and oxygen atoms in total. The molecule has 0 spiro atoms. The molecule has 100 valence electrons. The van der Waals surface area contributed by atoms with Gasteiger partial charge in [-0.1, -0.05) is 20.3 Å². The predicted molar refractivity (Wildman–Crippen MR) is 67.1 cm³/mol. The molecule has 17 heavy (non-hydrogen) atoms. The fourth-order valence-corrected chi connectivity index (χ4v) is 2.84. The largest absolute Gasteiger partial charge is 0.481 e. The van der Waals surface area contributed by atoms with Gasteiger partial charge >= 0.3 is 5.97 Å². The molecule has 0 saturated carbocycles. The Balaban J connectivity index is 2.90. The number of piperidine rings is 1. The van der Waals surface area contributed by atoms with E-state index in [0.717, 1.165) is 25.9 Å². The molecular weight excluding hydrogens is 218 g/mol. The number of carboxylic acid groups (broad SMARTS) is 1. The summed E-state index contributed by atoms with van der Waals surface area (Å²) in [6, 6.07) is 0. The first kappa shape index (κ1) is 14.5. The van der Waals surface area contributed by atoms with Crippen LogP contribution in [0.2, 0.25) is 0 Å². The van der Waals surface area contributed by atoms with Gasteiger partial charge in [0.25, 0.3) is 0 Å². The van der Waals surface area contributed by atoms with Crippen LogP contribution in [0.1, 0.15) is 39.5 Å². The van der Waals surface area contributed by atoms with Crippen molar-refractivity contribution in [3.8, 4) is 0 Å². The molecule has 1 atom stereocenters. The summed E-state index contributed by atoms with van der Waals surface area (Å²) < 4.78 is 5.32. The zero-order valence-corrected chi connectivity index (χ0v) is 11.2. The van der Waals surface area contributed by atoms with Crippen LogP contribution in [0.15, 0.2) is 0 Å². The first-order valence-electron chi connectivity index (χ1n) is 6.48. The smallest absolute Gasteiger partial charge is 0.305 e. The third-order valence-electron chi connectivity index (χ3n) is 3.91. The molecule has 1 N–H and O–H groups in total. The fourth-order valence-electron chi connectivity index (χ4n) is 2.84. The van der Waals surface area contributed by atoms with Crippen molar-refractivity contribution < 1.29 is 14.6 Å². The van der Waals surface area contributed by atoms with Gasteiger partial charge in [0.05, 0.1) is 18.6 Å². The molecule has 1 aliphatic heterocycles. The molecule has 1 aliphatic rings. The summed E-state index contributed by atoms with van der Waals surface area (Å²) in [7, 11) is 1.66. The van der Waals surface area contributed by atoms with Gasteiger partial charge in [-0.2, -0.15) is 0 Å². The zero-order chi connectivity index (χ0) is 12.9. The normalized spacial score (nSPS) is 21.4. The number of carbonyl (C=O) groups is 1. The lowest BCUT2D eigenvalue weighted by atomic mass is 9.81. The monoisotopic (exact) mass is 243 g/mol. The number of aliphatic carboxylic acids is 1. The maximum atomic E-state index is 11.2. The Labute approximate surface area is 104 Å². The summed E-state index contributed by atoms with van der Waals surface area (Å²) in [4.78, 5) is 13.5. The van der Waals surface area contributed by atoms with Crippen molar-refractivity contribution in [2.24, 2.45) is 5.92 Å². The highest BCUT2D eigenvalue weighted by Crippen LogP contribution is 2.32. The van der Waals surface area contributed by atoms with E-state index in [4.69, 9.17) is 4.74 Å². The summed E-state index contributed by atoms with van der Waals surface area (Å²) >= 11 is 0. The van der Waals surface area contributed by atoms with E-state index in [0.29, 0.717) is 6.61 Å². The van der Waals surface area contributed by atoms with Gasteiger partial charge in [-0.25, -0.2) is 0 Å². The number of hydrogen-bond acceptors (Lipinski definition) is 3. The van der Waals surface area contributed by atoms with E-state index in [1.54, 1.807) is 7.11 Å². The molecule has 1 unspecified atom stereocenters. The van der Waals surface area contributed by atoms with Crippen LogP contribution in [-0.4, -0.2) is 48.3 Å². The van der Waals surface area contributed by atoms with Gasteiger partial charge in [-0.05, 0) is 31.8 Å². The number of ether oxygens (including phenoxy) is 1. The third kappa shape index (κ3) is 3.42. The third-order valence-corrected chi connectivity index (χ3v) is 3.91. The average Bonchev–Trinajstić information content (AvgIpc) is 2.28. The van der Waals surface area contributed by atoms with E-state index in [2.05, 4.69) is 18.7 Å². The Morgan fingerprint density at radius 2 is 1.94 bits per heavy atom. The van der Waals surface area contributed by atoms with Crippen LogP contribution in [0.4, 0.5) is 0 Å². The average molecular weight is 243 g/mol. The van der Waals surface area contributed by atoms with Crippen LogP contribution in [0, 0.1) is 5.92 Å². The minimum atomic E-state index is -0.735. The van der Waals surface area contributed by atoms with E-state index in [-0.39, 0.29) is 17.9 Å². The molecule has 0 aliphatic carbocycles. The number of nitrogens with zero attached hydrogens (tertiary/aromatic N) is 1. The van der Waals surface area contributed by atoms with Crippen LogP contribution in [0.3, 0.4) is 0 Å². The molecule has 1 saturated heterocycles. The van der Waals surface area contributed by atoms with Crippen LogP contribution in [0.25, 0.3) is 0 Å². The maximum absolute atomic E-state index is 11.2. The van der Waals surface area contributed by atoms with Gasteiger partial charge in [0.1, 0.15) is 0 Å². The van der Waals surface area contributed by atoms with E-state index in [1.165, 1.54) is 6.42 Å². The molecule has 0 radical (unpaired) electrons. The molecule has 0 amide bonds. The van der Waals surface area contributed by atoms with Crippen molar-refractivity contribution in [1.29, 1.82) is 0 Å². The molecule has 0 aromatic heterocycles. The first-order chi connectivity index (χ1) is 8.03. The zero-order valence-electron chi connectivity index (χ0n) is 11.2. The Kier molecular flexibility index (Phi) is 5.40. The van der Waals surface area contributed by atoms with Crippen molar-refractivity contribution >= 4 is 5.97 Å². The summed E-state index contributed by atoms with van der Waals surface area (Å²) in [6.45, 7) is 6.67. The highest BCUT2D eigenvalue weighted by Gasteiger charge is 2.42. The summed E-state index contributed by atoms with van der Waals surface area (Å²) in [5, 5.41) is 9.17. The molecule has 1 heterocycles. The second kappa shape index (κ2) is 6.36. The number of hydrogen-bond donors (Lipinski definition) is 1. The minimum Gasteiger partial charge on any atom is -0.481 e. The van der Waals surface area contributed by atoms with E-state index in [9.17, 15) is 9.90 Å². The number of rotatable bonds is 6. The summed E-state index contributed by atoms with van der Waals surface area (Å²) in [5.41, 5.74) is -0.346. The minimum absolute atomic E-state index is 0.165. The number of likely N-dealkylation sites (tertiary alicyclic amines) is 1. The van der Waals surface area contributed by atoms with Gasteiger partial charge < -0.3 is 9.84 Å². The number of methoxy groups -OCH3 is 1. The highest BCUT2D eigenvalue weighted by atomic mass is 16.5. The molecular formula is C13H25NO3. The molecule has 4 heteroatoms. The van der Waals surface area contributed by atoms with Gasteiger partial charge in [0.15, 0.2) is 0 Å². The van der Waals surface area contributed by atoms with Crippen molar-refractivity contribution in [2.75, 3.05) is 26.8 Å². The fraction of sp³-hybridized carbons (Fsp3) is 0.923. The Morgan fingerprint density at radius 3 is 2.35 bits per heavy atom. The highest BCUT2D eigenvalue weighted by molar-refractivity contribution is 5.68. The van der Waals surface area contributed by atoms with Gasteiger partial charge in [-0.3, -0.25) is 9.69 Å². The van der Waals surface area contributed by atoms with Crippen LogP contribution >= 0.6 is 0 Å². The molecule has 0 aromatic rings. The van der Waals surface area contributed by atoms with Gasteiger partial charge in [0.2, 0.25) is 0 Å². The topological polar surface area (TPSA) is 49.8 Å². The summed E-state index contributed by atoms with van der Waals surface area (Å²) in [6.07, 6.45) is 3.75. The van der Waals surface area contributed by atoms with Gasteiger partial charge in [-0.15, -0.1) is 0 Å². The van der Waals surface area contributed by atoms with Crippen molar-refractivity contribution in [1.82, 2.24) is 4.90 Å². The Hall–Kier alpha value is -0.610. The van der Waals surface area contributed by atoms with Crippen LogP contribution in [-0.2, 0) is 9.53 Å². The lowest BCUT2D eigenvalue weighted by molar-refractivity contribution is -0.144. The van der Waals surface area contributed by atoms with Gasteiger partial charge in [0, 0.05) is 7.11 Å². The standard InChI is InChI=1S/C13H25NO3/c1-11(2)13(10-17-3,9-12(15)16)14-7-5-4-6-8-14/h11H,4-10H2,1-3H3,(H,15,16). The summed E-state index contributed by atoms with van der Waals surface area (Å²) in [5.74, 6) is -0.460. The SMILES string of the molecule is COCC(CC(=O)O)(C(C)C)N1CCCCC1. The first-order valence-corrected chi connectivity index (χ1v) is 6.48. The number of carboxylic acids is 1. The van der Waals surface area contributed by atoms with Crippen LogP contribution in [0.5, 0.6) is 0 Å². The van der Waals surface area contributed by atoms with E-state index in [1.807, 2.05) is 0 Å². The van der Waals surface area contributed by atoms with Crippen molar-refractivity contribution in [2.45, 2.75) is 45.1 Å². The van der Waals surface area contributed by atoms with Crippen molar-refractivity contribution in [3.63, 3.8) is 0 Å². The second-order valence-corrected chi connectivity index (χ2v) is 5.31. The second-order valence-electron chi connectivity index (χ2n) is 5.31. The van der Waals surface area contributed by atoms with E-state index < -0.39 is 5.97 Å². The molecule has 0 aromatic carbocycles. The quantitative estimate of drug-likeness (QED) is 0.775.